The van der Waals surface area contributed by atoms with E-state index in [1.54, 1.807) is 11.8 Å². The highest BCUT2D eigenvalue weighted by Crippen LogP contribution is 2.36. The molecule has 0 bridgehead atoms. The van der Waals surface area contributed by atoms with Gasteiger partial charge in [-0.3, -0.25) is 0 Å². The van der Waals surface area contributed by atoms with Crippen LogP contribution in [0.1, 0.15) is 48.7 Å². The van der Waals surface area contributed by atoms with Gasteiger partial charge in [0, 0.05) is 0 Å². The lowest BCUT2D eigenvalue weighted by molar-refractivity contribution is 0.348. The Labute approximate surface area is 110 Å². The number of hydrogen-bond donors (Lipinski definition) is 1. The minimum atomic E-state index is -0.114. The van der Waals surface area contributed by atoms with Gasteiger partial charge in [0.2, 0.25) is 5.89 Å². The monoisotopic (exact) mass is 273 g/mol. The summed E-state index contributed by atoms with van der Waals surface area (Å²) >= 11 is 3.71. The van der Waals surface area contributed by atoms with Crippen molar-refractivity contribution >= 4 is 23.5 Å². The Kier molecular flexibility index (Phi) is 5.18. The van der Waals surface area contributed by atoms with Gasteiger partial charge in [0.25, 0.3) is 0 Å². The molecule has 0 radical (unpaired) electrons. The number of hydrogen-bond acceptors (Lipinski definition) is 6. The van der Waals surface area contributed by atoms with Crippen LogP contribution in [0.2, 0.25) is 0 Å². The van der Waals surface area contributed by atoms with E-state index in [2.05, 4.69) is 16.4 Å². The fraction of sp³-hybridized carbons (Fsp3) is 0.818. The van der Waals surface area contributed by atoms with E-state index in [1.165, 1.54) is 18.6 Å². The highest BCUT2D eigenvalue weighted by atomic mass is 32.2. The molecule has 1 aromatic rings. The van der Waals surface area contributed by atoms with Gasteiger partial charge in [-0.25, -0.2) is 0 Å². The number of aromatic nitrogens is 2. The Bertz CT molecular complexity index is 339. The molecule has 0 spiro atoms. The van der Waals surface area contributed by atoms with E-state index < -0.39 is 0 Å². The van der Waals surface area contributed by atoms with E-state index in [4.69, 9.17) is 10.3 Å². The molecule has 4 nitrogen and oxygen atoms in total. The van der Waals surface area contributed by atoms with Crippen molar-refractivity contribution in [3.63, 3.8) is 0 Å². The average Bonchev–Trinajstić information content (AvgIpc) is 2.86. The van der Waals surface area contributed by atoms with Crippen molar-refractivity contribution in [1.29, 1.82) is 0 Å². The van der Waals surface area contributed by atoms with Gasteiger partial charge in [0.05, 0.1) is 11.3 Å². The summed E-state index contributed by atoms with van der Waals surface area (Å²) in [6.07, 6.45) is 6.69. The largest absolute Gasteiger partial charge is 0.338 e. The van der Waals surface area contributed by atoms with Gasteiger partial charge in [-0.15, -0.1) is 0 Å². The molecule has 1 saturated heterocycles. The van der Waals surface area contributed by atoms with Crippen LogP contribution >= 0.6 is 23.5 Å². The van der Waals surface area contributed by atoms with Crippen molar-refractivity contribution in [2.45, 2.75) is 37.0 Å². The molecular formula is C11H19N3OS2. The average molecular weight is 273 g/mol. The predicted molar refractivity (Wildman–Crippen MR) is 73.3 cm³/mol. The third kappa shape index (κ3) is 3.63. The second kappa shape index (κ2) is 6.66. The SMILES string of the molecule is CSCCC(N)c1nc(C2CCCCS2)no1. The summed E-state index contributed by atoms with van der Waals surface area (Å²) in [6.45, 7) is 0. The first-order valence-corrected chi connectivity index (χ1v) is 8.45. The topological polar surface area (TPSA) is 64.9 Å². The molecule has 2 unspecified atom stereocenters. The number of thioether (sulfide) groups is 2. The molecule has 0 aromatic carbocycles. The lowest BCUT2D eigenvalue weighted by atomic mass is 10.2. The molecule has 2 N–H and O–H groups in total. The maximum absolute atomic E-state index is 6.01. The van der Waals surface area contributed by atoms with Gasteiger partial charge in [0.1, 0.15) is 0 Å². The lowest BCUT2D eigenvalue weighted by Gasteiger charge is -2.17. The molecule has 1 aliphatic rings. The standard InChI is InChI=1S/C11H19N3OS2/c1-16-7-5-8(12)11-13-10(14-15-11)9-4-2-3-6-17-9/h8-9H,2-7,12H2,1H3. The van der Waals surface area contributed by atoms with E-state index in [0.29, 0.717) is 11.1 Å². The highest BCUT2D eigenvalue weighted by molar-refractivity contribution is 7.99. The Morgan fingerprint density at radius 1 is 1.59 bits per heavy atom. The van der Waals surface area contributed by atoms with Crippen LogP contribution in [0.3, 0.4) is 0 Å². The molecule has 2 rings (SSSR count). The smallest absolute Gasteiger partial charge is 0.243 e. The maximum atomic E-state index is 6.01. The summed E-state index contributed by atoms with van der Waals surface area (Å²) in [4.78, 5) is 4.45. The Hall–Kier alpha value is -0.200. The minimum Gasteiger partial charge on any atom is -0.338 e. The molecule has 0 aliphatic carbocycles. The molecule has 2 heterocycles. The molecule has 0 amide bonds. The first-order chi connectivity index (χ1) is 8.31. The molecule has 96 valence electrons. The van der Waals surface area contributed by atoms with Crippen molar-refractivity contribution in [2.75, 3.05) is 17.8 Å². The molecule has 2 atom stereocenters. The zero-order chi connectivity index (χ0) is 12.1. The maximum Gasteiger partial charge on any atom is 0.243 e. The van der Waals surface area contributed by atoms with Gasteiger partial charge in [-0.2, -0.15) is 28.5 Å². The van der Waals surface area contributed by atoms with Gasteiger partial charge in [-0.1, -0.05) is 11.6 Å². The third-order valence-corrected chi connectivity index (χ3v) is 4.89. The summed E-state index contributed by atoms with van der Waals surface area (Å²) in [5, 5.41) is 4.49. The van der Waals surface area contributed by atoms with E-state index in [-0.39, 0.29) is 6.04 Å². The van der Waals surface area contributed by atoms with Crippen molar-refractivity contribution in [2.24, 2.45) is 5.73 Å². The fourth-order valence-electron chi connectivity index (χ4n) is 1.84. The Balaban J connectivity index is 1.94. The van der Waals surface area contributed by atoms with Crippen LogP contribution in [0.5, 0.6) is 0 Å². The normalized spacial score (nSPS) is 22.6. The van der Waals surface area contributed by atoms with Crippen LogP contribution in [0, 0.1) is 0 Å². The molecule has 1 fully saturated rings. The summed E-state index contributed by atoms with van der Waals surface area (Å²) in [5.74, 6) is 3.66. The van der Waals surface area contributed by atoms with Crippen LogP contribution in [0.15, 0.2) is 4.52 Å². The first-order valence-electron chi connectivity index (χ1n) is 6.01. The first kappa shape index (κ1) is 13.2. The van der Waals surface area contributed by atoms with E-state index in [9.17, 15) is 0 Å². The number of nitrogens with two attached hydrogens (primary N) is 1. The van der Waals surface area contributed by atoms with Crippen LogP contribution in [-0.2, 0) is 0 Å². The second-order valence-corrected chi connectivity index (χ2v) is 6.53. The Morgan fingerprint density at radius 3 is 3.18 bits per heavy atom. The summed E-state index contributed by atoms with van der Waals surface area (Å²) in [7, 11) is 0. The van der Waals surface area contributed by atoms with E-state index in [0.717, 1.165) is 24.4 Å². The Morgan fingerprint density at radius 2 is 2.47 bits per heavy atom. The minimum absolute atomic E-state index is 0.114. The third-order valence-electron chi connectivity index (χ3n) is 2.88. The van der Waals surface area contributed by atoms with Gasteiger partial charge in [0.15, 0.2) is 5.82 Å². The van der Waals surface area contributed by atoms with Crippen LogP contribution in [0.4, 0.5) is 0 Å². The number of rotatable bonds is 5. The quantitative estimate of drug-likeness (QED) is 0.890. The molecule has 0 saturated carbocycles. The second-order valence-electron chi connectivity index (χ2n) is 4.23. The van der Waals surface area contributed by atoms with Crippen LogP contribution in [-0.4, -0.2) is 27.9 Å². The van der Waals surface area contributed by atoms with Crippen molar-refractivity contribution < 1.29 is 4.52 Å². The van der Waals surface area contributed by atoms with Crippen molar-refractivity contribution in [3.05, 3.63) is 11.7 Å². The summed E-state index contributed by atoms with van der Waals surface area (Å²) < 4.78 is 5.27. The van der Waals surface area contributed by atoms with Gasteiger partial charge < -0.3 is 10.3 Å². The lowest BCUT2D eigenvalue weighted by Crippen LogP contribution is -2.12. The van der Waals surface area contributed by atoms with Crippen LogP contribution in [0.25, 0.3) is 0 Å². The fourth-order valence-corrected chi connectivity index (χ4v) is 3.56. The van der Waals surface area contributed by atoms with Crippen molar-refractivity contribution in [3.8, 4) is 0 Å². The molecular weight excluding hydrogens is 254 g/mol. The molecule has 17 heavy (non-hydrogen) atoms. The van der Waals surface area contributed by atoms with Gasteiger partial charge in [-0.05, 0) is 37.0 Å². The van der Waals surface area contributed by atoms with Gasteiger partial charge >= 0.3 is 0 Å². The molecule has 1 aliphatic heterocycles. The summed E-state index contributed by atoms with van der Waals surface area (Å²) in [6, 6.07) is -0.114. The number of nitrogens with zero attached hydrogens (tertiary/aromatic N) is 2. The molecule has 1 aromatic heterocycles. The zero-order valence-electron chi connectivity index (χ0n) is 10.1. The van der Waals surface area contributed by atoms with Crippen molar-refractivity contribution in [1.82, 2.24) is 10.1 Å². The zero-order valence-corrected chi connectivity index (χ0v) is 11.7. The molecule has 6 heteroatoms. The predicted octanol–water partition coefficient (Wildman–Crippen LogP) is 2.78. The highest BCUT2D eigenvalue weighted by Gasteiger charge is 2.23. The van der Waals surface area contributed by atoms with Crippen LogP contribution < -0.4 is 5.73 Å². The summed E-state index contributed by atoms with van der Waals surface area (Å²) in [5.41, 5.74) is 6.01. The van der Waals surface area contributed by atoms with E-state index in [1.807, 2.05) is 11.8 Å². The van der Waals surface area contributed by atoms with E-state index >= 15 is 0 Å².